The average molecular weight is 255 g/mol. The molecule has 0 unspecified atom stereocenters. The Balaban J connectivity index is 2.26. The molecule has 4 heteroatoms. The van der Waals surface area contributed by atoms with E-state index in [0.717, 1.165) is 19.6 Å². The quantitative estimate of drug-likeness (QED) is 0.792. The van der Waals surface area contributed by atoms with Crippen molar-refractivity contribution >= 4 is 11.3 Å². The summed E-state index contributed by atoms with van der Waals surface area (Å²) < 4.78 is 0. The predicted molar refractivity (Wildman–Crippen MR) is 75.7 cm³/mol. The Morgan fingerprint density at radius 1 is 1.35 bits per heavy atom. The van der Waals surface area contributed by atoms with Crippen molar-refractivity contribution in [3.63, 3.8) is 0 Å². The summed E-state index contributed by atoms with van der Waals surface area (Å²) in [5, 5.41) is 6.83. The Bertz CT molecular complexity index is 326. The molecule has 98 valence electrons. The third-order valence-corrected chi connectivity index (χ3v) is 3.78. The van der Waals surface area contributed by atoms with E-state index >= 15 is 0 Å². The second-order valence-electron chi connectivity index (χ2n) is 5.73. The van der Waals surface area contributed by atoms with E-state index in [1.807, 2.05) is 0 Å². The van der Waals surface area contributed by atoms with Crippen LogP contribution < -0.4 is 5.32 Å². The molecular weight excluding hydrogens is 230 g/mol. The summed E-state index contributed by atoms with van der Waals surface area (Å²) in [6.07, 6.45) is 1.18. The van der Waals surface area contributed by atoms with Crippen LogP contribution >= 0.6 is 11.3 Å². The molecule has 1 N–H and O–H groups in total. The molecule has 0 saturated heterocycles. The van der Waals surface area contributed by atoms with Gasteiger partial charge in [0.2, 0.25) is 0 Å². The molecule has 0 aliphatic carbocycles. The highest BCUT2D eigenvalue weighted by Crippen LogP contribution is 2.25. The van der Waals surface area contributed by atoms with Crippen LogP contribution in [0, 0.1) is 0 Å². The predicted octanol–water partition coefficient (Wildman–Crippen LogP) is 2.48. The van der Waals surface area contributed by atoms with Gasteiger partial charge in [-0.05, 0) is 33.6 Å². The van der Waals surface area contributed by atoms with Crippen molar-refractivity contribution in [3.8, 4) is 0 Å². The highest BCUT2D eigenvalue weighted by atomic mass is 32.1. The summed E-state index contributed by atoms with van der Waals surface area (Å²) in [5.41, 5.74) is 1.35. The molecule has 0 aliphatic heterocycles. The first-order valence-corrected chi connectivity index (χ1v) is 7.08. The fourth-order valence-corrected chi connectivity index (χ4v) is 2.38. The molecular formula is C13H25N3S. The van der Waals surface area contributed by atoms with Crippen LogP contribution in [0.5, 0.6) is 0 Å². The van der Waals surface area contributed by atoms with Crippen molar-refractivity contribution < 1.29 is 0 Å². The zero-order valence-electron chi connectivity index (χ0n) is 11.7. The number of nitrogens with one attached hydrogen (secondary N) is 1. The van der Waals surface area contributed by atoms with Crippen LogP contribution in [-0.2, 0) is 12.0 Å². The highest BCUT2D eigenvalue weighted by molar-refractivity contribution is 7.09. The lowest BCUT2D eigenvalue weighted by molar-refractivity contribution is 0.394. The van der Waals surface area contributed by atoms with E-state index in [4.69, 9.17) is 0 Å². The van der Waals surface area contributed by atoms with Gasteiger partial charge in [0.25, 0.3) is 0 Å². The van der Waals surface area contributed by atoms with Crippen LogP contribution in [0.1, 0.15) is 37.9 Å². The normalized spacial score (nSPS) is 12.4. The van der Waals surface area contributed by atoms with Crippen LogP contribution in [0.25, 0.3) is 0 Å². The van der Waals surface area contributed by atoms with Crippen LogP contribution in [0.15, 0.2) is 5.38 Å². The van der Waals surface area contributed by atoms with Crippen molar-refractivity contribution in [1.29, 1.82) is 0 Å². The van der Waals surface area contributed by atoms with Gasteiger partial charge in [-0.3, -0.25) is 0 Å². The van der Waals surface area contributed by atoms with Gasteiger partial charge in [-0.15, -0.1) is 11.3 Å². The molecule has 0 amide bonds. The van der Waals surface area contributed by atoms with Gasteiger partial charge in [0.15, 0.2) is 0 Å². The number of aromatic nitrogens is 1. The van der Waals surface area contributed by atoms with E-state index in [9.17, 15) is 0 Å². The maximum atomic E-state index is 4.66. The van der Waals surface area contributed by atoms with Gasteiger partial charge >= 0.3 is 0 Å². The minimum absolute atomic E-state index is 0.174. The molecule has 1 heterocycles. The Morgan fingerprint density at radius 3 is 2.59 bits per heavy atom. The number of nitrogens with zero attached hydrogens (tertiary/aromatic N) is 2. The standard InChI is InChI=1S/C13H25N3S/c1-13(2,3)12-15-11(10-17-12)9-14-7-6-8-16(4)5/h10,14H,6-9H2,1-5H3. The lowest BCUT2D eigenvalue weighted by Gasteiger charge is -2.13. The Kier molecular flexibility index (Phi) is 5.56. The highest BCUT2D eigenvalue weighted by Gasteiger charge is 2.17. The van der Waals surface area contributed by atoms with E-state index in [1.165, 1.54) is 17.1 Å². The summed E-state index contributed by atoms with van der Waals surface area (Å²) in [6, 6.07) is 0. The summed E-state index contributed by atoms with van der Waals surface area (Å²) in [4.78, 5) is 6.87. The van der Waals surface area contributed by atoms with Gasteiger partial charge in [0.05, 0.1) is 10.7 Å². The first-order valence-electron chi connectivity index (χ1n) is 6.20. The van der Waals surface area contributed by atoms with E-state index in [-0.39, 0.29) is 5.41 Å². The van der Waals surface area contributed by atoms with E-state index in [1.54, 1.807) is 11.3 Å². The lowest BCUT2D eigenvalue weighted by atomic mass is 9.98. The smallest absolute Gasteiger partial charge is 0.0982 e. The number of hydrogen-bond donors (Lipinski definition) is 1. The van der Waals surface area contributed by atoms with Gasteiger partial charge in [-0.1, -0.05) is 20.8 Å². The van der Waals surface area contributed by atoms with Gasteiger partial charge < -0.3 is 10.2 Å². The van der Waals surface area contributed by atoms with E-state index in [0.29, 0.717) is 0 Å². The minimum Gasteiger partial charge on any atom is -0.311 e. The van der Waals surface area contributed by atoms with E-state index in [2.05, 4.69) is 55.4 Å². The van der Waals surface area contributed by atoms with Crippen LogP contribution in [0.3, 0.4) is 0 Å². The molecule has 0 radical (unpaired) electrons. The number of hydrogen-bond acceptors (Lipinski definition) is 4. The average Bonchev–Trinajstić information content (AvgIpc) is 2.64. The van der Waals surface area contributed by atoms with Crippen LogP contribution in [0.4, 0.5) is 0 Å². The first kappa shape index (κ1) is 14.6. The maximum Gasteiger partial charge on any atom is 0.0982 e. The minimum atomic E-state index is 0.174. The Morgan fingerprint density at radius 2 is 2.06 bits per heavy atom. The third-order valence-electron chi connectivity index (χ3n) is 2.46. The van der Waals surface area contributed by atoms with Gasteiger partial charge in [-0.2, -0.15) is 0 Å². The maximum absolute atomic E-state index is 4.66. The summed E-state index contributed by atoms with van der Waals surface area (Å²) in [7, 11) is 4.21. The third kappa shape index (κ3) is 5.61. The molecule has 0 spiro atoms. The largest absolute Gasteiger partial charge is 0.311 e. The van der Waals surface area contributed by atoms with Gasteiger partial charge in [0.1, 0.15) is 0 Å². The molecule has 0 bridgehead atoms. The molecule has 0 saturated carbocycles. The van der Waals surface area contributed by atoms with Crippen molar-refractivity contribution in [3.05, 3.63) is 16.1 Å². The number of rotatable bonds is 6. The topological polar surface area (TPSA) is 28.2 Å². The van der Waals surface area contributed by atoms with Crippen molar-refractivity contribution in [2.75, 3.05) is 27.2 Å². The van der Waals surface area contributed by atoms with Gasteiger partial charge in [-0.25, -0.2) is 4.98 Å². The molecule has 1 rings (SSSR count). The van der Waals surface area contributed by atoms with Gasteiger partial charge in [0, 0.05) is 17.3 Å². The van der Waals surface area contributed by atoms with Crippen molar-refractivity contribution in [1.82, 2.24) is 15.2 Å². The SMILES string of the molecule is CN(C)CCCNCc1csc(C(C)(C)C)n1. The molecule has 1 aromatic heterocycles. The Labute approximate surface area is 109 Å². The molecule has 17 heavy (non-hydrogen) atoms. The zero-order chi connectivity index (χ0) is 12.9. The zero-order valence-corrected chi connectivity index (χ0v) is 12.5. The molecule has 0 fully saturated rings. The fraction of sp³-hybridized carbons (Fsp3) is 0.769. The fourth-order valence-electron chi connectivity index (χ4n) is 1.47. The van der Waals surface area contributed by atoms with Crippen molar-refractivity contribution in [2.24, 2.45) is 0 Å². The second kappa shape index (κ2) is 6.47. The van der Waals surface area contributed by atoms with Crippen LogP contribution in [-0.4, -0.2) is 37.1 Å². The Hall–Kier alpha value is -0.450. The molecule has 0 aliphatic rings. The number of thiazole rings is 1. The van der Waals surface area contributed by atoms with Crippen LogP contribution in [0.2, 0.25) is 0 Å². The molecule has 1 aromatic rings. The molecule has 3 nitrogen and oxygen atoms in total. The van der Waals surface area contributed by atoms with Crippen molar-refractivity contribution in [2.45, 2.75) is 39.2 Å². The summed E-state index contributed by atoms with van der Waals surface area (Å²) in [5.74, 6) is 0. The second-order valence-corrected chi connectivity index (χ2v) is 6.59. The first-order chi connectivity index (χ1) is 7.89. The monoisotopic (exact) mass is 255 g/mol. The lowest BCUT2D eigenvalue weighted by Crippen LogP contribution is -2.21. The van der Waals surface area contributed by atoms with E-state index < -0.39 is 0 Å². The molecule has 0 aromatic carbocycles. The summed E-state index contributed by atoms with van der Waals surface area (Å²) in [6.45, 7) is 9.71. The summed E-state index contributed by atoms with van der Waals surface area (Å²) >= 11 is 1.77. The molecule has 0 atom stereocenters.